The van der Waals surface area contributed by atoms with Crippen LogP contribution in [0.25, 0.3) is 0 Å². The fourth-order valence-electron chi connectivity index (χ4n) is 4.30. The van der Waals surface area contributed by atoms with Crippen molar-refractivity contribution < 1.29 is 9.84 Å². The highest BCUT2D eigenvalue weighted by Crippen LogP contribution is 2.27. The number of benzene rings is 1. The van der Waals surface area contributed by atoms with Crippen LogP contribution >= 0.6 is 11.6 Å². The van der Waals surface area contributed by atoms with Gasteiger partial charge in [0.05, 0.1) is 12.0 Å². The highest BCUT2D eigenvalue weighted by atomic mass is 35.5. The van der Waals surface area contributed by atoms with Crippen LogP contribution in [0.3, 0.4) is 0 Å². The minimum Gasteiger partial charge on any atom is -0.508 e. The van der Waals surface area contributed by atoms with Crippen molar-refractivity contribution in [3.05, 3.63) is 29.3 Å². The Bertz CT molecular complexity index is 532. The molecule has 1 N–H and O–H groups in total. The summed E-state index contributed by atoms with van der Waals surface area (Å²) in [6.45, 7) is 4.91. The number of alkyl halides is 1. The molecular formula is C28H49ClO2. The van der Waals surface area contributed by atoms with Gasteiger partial charge in [0, 0.05) is 6.61 Å². The van der Waals surface area contributed by atoms with Gasteiger partial charge in [0.15, 0.2) is 0 Å². The molecule has 31 heavy (non-hydrogen) atoms. The molecule has 0 fully saturated rings. The molecule has 0 bridgehead atoms. The fourth-order valence-corrected chi connectivity index (χ4v) is 4.57. The van der Waals surface area contributed by atoms with Crippen LogP contribution < -0.4 is 0 Å². The van der Waals surface area contributed by atoms with E-state index in [1.807, 2.05) is 13.0 Å². The quantitative estimate of drug-likeness (QED) is 0.148. The number of hydrogen-bond acceptors (Lipinski definition) is 2. The molecule has 1 rings (SSSR count). The van der Waals surface area contributed by atoms with Crippen molar-refractivity contribution in [1.29, 1.82) is 0 Å². The van der Waals surface area contributed by atoms with Crippen molar-refractivity contribution in [3.8, 4) is 5.75 Å². The van der Waals surface area contributed by atoms with E-state index in [4.69, 9.17) is 16.3 Å². The number of phenolic OH excluding ortho intramolecular Hbond substituents is 1. The Morgan fingerprint density at radius 2 is 1.23 bits per heavy atom. The Hall–Kier alpha value is -0.730. The normalized spacial score (nSPS) is 12.4. The van der Waals surface area contributed by atoms with Crippen molar-refractivity contribution in [2.75, 3.05) is 12.5 Å². The first-order valence-electron chi connectivity index (χ1n) is 13.2. The van der Waals surface area contributed by atoms with Crippen LogP contribution in [-0.4, -0.2) is 17.6 Å². The molecule has 0 saturated heterocycles. The lowest BCUT2D eigenvalue weighted by Crippen LogP contribution is -2.06. The maximum atomic E-state index is 10.2. The summed E-state index contributed by atoms with van der Waals surface area (Å²) in [5.41, 5.74) is 2.10. The standard InChI is InChI=1S/C28H49ClO2/c1-3-5-6-7-8-9-10-11-12-13-14-15-16-17-18-19-20-25-23-26(21-22-27(25)30)28(24-29)31-4-2/h21-23,28,30H,3-20,24H2,1-2H3. The molecule has 0 saturated carbocycles. The van der Waals surface area contributed by atoms with Crippen LogP contribution in [0.5, 0.6) is 5.75 Å². The molecule has 0 radical (unpaired) electrons. The van der Waals surface area contributed by atoms with Crippen LogP contribution in [0.15, 0.2) is 18.2 Å². The fraction of sp³-hybridized carbons (Fsp3) is 0.786. The smallest absolute Gasteiger partial charge is 0.118 e. The largest absolute Gasteiger partial charge is 0.508 e. The number of unbranched alkanes of at least 4 members (excludes halogenated alkanes) is 15. The second-order valence-electron chi connectivity index (χ2n) is 9.04. The van der Waals surface area contributed by atoms with Gasteiger partial charge in [-0.3, -0.25) is 0 Å². The number of aromatic hydroxyl groups is 1. The summed E-state index contributed by atoms with van der Waals surface area (Å²) in [4.78, 5) is 0. The third kappa shape index (κ3) is 14.1. The number of ether oxygens (including phenoxy) is 1. The van der Waals surface area contributed by atoms with Crippen LogP contribution in [0.2, 0.25) is 0 Å². The molecule has 0 heterocycles. The number of hydrogen-bond donors (Lipinski definition) is 1. The molecule has 1 aromatic carbocycles. The molecule has 0 aliphatic carbocycles. The van der Waals surface area contributed by atoms with Gasteiger partial charge in [-0.1, -0.05) is 109 Å². The zero-order valence-corrected chi connectivity index (χ0v) is 21.2. The average Bonchev–Trinajstić information content (AvgIpc) is 2.78. The van der Waals surface area contributed by atoms with Crippen LogP contribution in [0.4, 0.5) is 0 Å². The maximum absolute atomic E-state index is 10.2. The summed E-state index contributed by atoms with van der Waals surface area (Å²) >= 11 is 6.04. The lowest BCUT2D eigenvalue weighted by Gasteiger charge is -2.16. The first kappa shape index (κ1) is 28.3. The van der Waals surface area contributed by atoms with E-state index in [1.54, 1.807) is 6.07 Å². The molecule has 1 unspecified atom stereocenters. The van der Waals surface area contributed by atoms with E-state index in [0.29, 0.717) is 18.2 Å². The summed E-state index contributed by atoms with van der Waals surface area (Å²) < 4.78 is 5.69. The summed E-state index contributed by atoms with van der Waals surface area (Å²) in [5.74, 6) is 0.839. The first-order valence-corrected chi connectivity index (χ1v) is 13.8. The van der Waals surface area contributed by atoms with Crippen molar-refractivity contribution in [3.63, 3.8) is 0 Å². The minimum absolute atomic E-state index is 0.0863. The number of rotatable bonds is 21. The van der Waals surface area contributed by atoms with Gasteiger partial charge in [-0.25, -0.2) is 0 Å². The minimum atomic E-state index is -0.0863. The second kappa shape index (κ2) is 19.9. The van der Waals surface area contributed by atoms with E-state index in [0.717, 1.165) is 24.0 Å². The van der Waals surface area contributed by atoms with Crippen molar-refractivity contribution in [1.82, 2.24) is 0 Å². The molecule has 180 valence electrons. The van der Waals surface area contributed by atoms with Crippen molar-refractivity contribution in [2.45, 2.75) is 129 Å². The molecule has 0 spiro atoms. The molecule has 0 aromatic heterocycles. The van der Waals surface area contributed by atoms with Gasteiger partial charge in [0.2, 0.25) is 0 Å². The lowest BCUT2D eigenvalue weighted by molar-refractivity contribution is 0.0787. The van der Waals surface area contributed by atoms with Gasteiger partial charge in [-0.15, -0.1) is 11.6 Å². The van der Waals surface area contributed by atoms with Gasteiger partial charge in [-0.2, -0.15) is 0 Å². The van der Waals surface area contributed by atoms with Crippen molar-refractivity contribution >= 4 is 11.6 Å². The van der Waals surface area contributed by atoms with Crippen LogP contribution in [0.1, 0.15) is 134 Å². The third-order valence-electron chi connectivity index (χ3n) is 6.28. The van der Waals surface area contributed by atoms with Crippen LogP contribution in [-0.2, 0) is 11.2 Å². The highest BCUT2D eigenvalue weighted by molar-refractivity contribution is 6.18. The topological polar surface area (TPSA) is 29.5 Å². The van der Waals surface area contributed by atoms with Crippen LogP contribution in [0, 0.1) is 0 Å². The Morgan fingerprint density at radius 1 is 0.742 bits per heavy atom. The predicted molar refractivity (Wildman–Crippen MR) is 136 cm³/mol. The van der Waals surface area contributed by atoms with E-state index in [2.05, 4.69) is 13.0 Å². The van der Waals surface area contributed by atoms with E-state index < -0.39 is 0 Å². The van der Waals surface area contributed by atoms with Gasteiger partial charge in [-0.05, 0) is 43.0 Å². The summed E-state index contributed by atoms with van der Waals surface area (Å²) in [6.07, 6.45) is 22.9. The first-order chi connectivity index (χ1) is 15.2. The number of halogens is 1. The molecule has 1 aromatic rings. The maximum Gasteiger partial charge on any atom is 0.118 e. The van der Waals surface area contributed by atoms with E-state index in [1.165, 1.54) is 96.3 Å². The SMILES string of the molecule is CCCCCCCCCCCCCCCCCCc1cc(C(CCl)OCC)ccc1O. The Morgan fingerprint density at radius 3 is 1.68 bits per heavy atom. The molecule has 3 heteroatoms. The second-order valence-corrected chi connectivity index (χ2v) is 9.35. The summed E-state index contributed by atoms with van der Waals surface area (Å²) in [5, 5.41) is 10.2. The molecule has 2 nitrogen and oxygen atoms in total. The van der Waals surface area contributed by atoms with E-state index in [9.17, 15) is 5.11 Å². The zero-order chi connectivity index (χ0) is 22.6. The Balaban J connectivity index is 2.01. The molecule has 0 amide bonds. The monoisotopic (exact) mass is 452 g/mol. The van der Waals surface area contributed by atoms with Gasteiger partial charge >= 0.3 is 0 Å². The highest BCUT2D eigenvalue weighted by Gasteiger charge is 2.12. The molecule has 1 atom stereocenters. The number of phenols is 1. The Kier molecular flexibility index (Phi) is 18.2. The molecule has 0 aliphatic rings. The van der Waals surface area contributed by atoms with Gasteiger partial charge < -0.3 is 9.84 Å². The Labute approximate surface area is 198 Å². The number of aryl methyl sites for hydroxylation is 1. The average molecular weight is 453 g/mol. The molecular weight excluding hydrogens is 404 g/mol. The van der Waals surface area contributed by atoms with E-state index >= 15 is 0 Å². The lowest BCUT2D eigenvalue weighted by atomic mass is 10.00. The van der Waals surface area contributed by atoms with Gasteiger partial charge in [0.1, 0.15) is 5.75 Å². The summed E-state index contributed by atoms with van der Waals surface area (Å²) in [6, 6.07) is 5.79. The zero-order valence-electron chi connectivity index (χ0n) is 20.5. The van der Waals surface area contributed by atoms with E-state index in [-0.39, 0.29) is 6.10 Å². The van der Waals surface area contributed by atoms with Crippen molar-refractivity contribution in [2.24, 2.45) is 0 Å². The predicted octanol–water partition coefficient (Wildman–Crippen LogP) is 9.51. The van der Waals surface area contributed by atoms with Gasteiger partial charge in [0.25, 0.3) is 0 Å². The third-order valence-corrected chi connectivity index (χ3v) is 6.56. The molecule has 0 aliphatic heterocycles. The summed E-state index contributed by atoms with van der Waals surface area (Å²) in [7, 11) is 0.